The minimum absolute atomic E-state index is 0.0886. The van der Waals surface area contributed by atoms with E-state index in [4.69, 9.17) is 4.74 Å². The predicted molar refractivity (Wildman–Crippen MR) is 82.9 cm³/mol. The van der Waals surface area contributed by atoms with Crippen LogP contribution in [0.2, 0.25) is 0 Å². The van der Waals surface area contributed by atoms with Crippen molar-refractivity contribution in [1.29, 1.82) is 0 Å². The van der Waals surface area contributed by atoms with Crippen LogP contribution < -0.4 is 10.1 Å². The molecule has 1 N–H and O–H groups in total. The summed E-state index contributed by atoms with van der Waals surface area (Å²) >= 11 is 0. The minimum Gasteiger partial charge on any atom is -0.495 e. The Morgan fingerprint density at radius 2 is 2.19 bits per heavy atom. The van der Waals surface area contributed by atoms with E-state index in [0.717, 1.165) is 18.4 Å². The summed E-state index contributed by atoms with van der Waals surface area (Å²) in [5.74, 6) is 0.379. The zero-order chi connectivity index (χ0) is 15.5. The molecule has 0 spiro atoms. The van der Waals surface area contributed by atoms with Crippen LogP contribution in [0.15, 0.2) is 35.7 Å². The van der Waals surface area contributed by atoms with Crippen molar-refractivity contribution in [2.24, 2.45) is 0 Å². The maximum absolute atomic E-state index is 12.9. The largest absolute Gasteiger partial charge is 0.495 e. The molecule has 0 radical (unpaired) electrons. The summed E-state index contributed by atoms with van der Waals surface area (Å²) in [6, 6.07) is 5.34. The van der Waals surface area contributed by atoms with Gasteiger partial charge in [0.2, 0.25) is 10.0 Å². The zero-order valence-corrected chi connectivity index (χ0v) is 13.3. The number of benzene rings is 1. The molecule has 1 aliphatic carbocycles. The smallest absolute Gasteiger partial charge is 0.247 e. The van der Waals surface area contributed by atoms with E-state index in [9.17, 15) is 8.42 Å². The Labute approximate surface area is 126 Å². The van der Waals surface area contributed by atoms with Gasteiger partial charge in [-0.05, 0) is 37.6 Å². The quantitative estimate of drug-likeness (QED) is 0.743. The van der Waals surface area contributed by atoms with Crippen LogP contribution in [-0.2, 0) is 16.6 Å². The van der Waals surface area contributed by atoms with Crippen LogP contribution in [0, 0.1) is 0 Å². The van der Waals surface area contributed by atoms with E-state index < -0.39 is 10.0 Å². The Bertz CT molecular complexity index is 609. The molecule has 1 aromatic rings. The minimum atomic E-state index is -3.57. The summed E-state index contributed by atoms with van der Waals surface area (Å²) in [5, 5.41) is 3.02. The van der Waals surface area contributed by atoms with E-state index >= 15 is 0 Å². The highest BCUT2D eigenvalue weighted by molar-refractivity contribution is 7.89. The van der Waals surface area contributed by atoms with Gasteiger partial charge in [-0.3, -0.25) is 0 Å². The summed E-state index contributed by atoms with van der Waals surface area (Å²) in [6.45, 7) is 4.59. The van der Waals surface area contributed by atoms with Gasteiger partial charge < -0.3 is 10.1 Å². The first-order chi connectivity index (χ1) is 10.0. The lowest BCUT2D eigenvalue weighted by Crippen LogP contribution is -2.33. The van der Waals surface area contributed by atoms with Crippen LogP contribution in [0.4, 0.5) is 0 Å². The maximum Gasteiger partial charge on any atom is 0.247 e. The topological polar surface area (TPSA) is 58.6 Å². The first-order valence-corrected chi connectivity index (χ1v) is 8.43. The summed E-state index contributed by atoms with van der Waals surface area (Å²) in [4.78, 5) is 0.228. The molecule has 0 heterocycles. The first-order valence-electron chi connectivity index (χ1n) is 6.98. The average molecular weight is 310 g/mol. The molecule has 1 fully saturated rings. The lowest BCUT2D eigenvalue weighted by molar-refractivity contribution is 0.393. The lowest BCUT2D eigenvalue weighted by Gasteiger charge is -2.22. The monoisotopic (exact) mass is 310 g/mol. The Balaban J connectivity index is 2.45. The number of hydrogen-bond donors (Lipinski definition) is 1. The molecule has 1 aliphatic rings. The molecule has 0 atom stereocenters. The molecule has 116 valence electrons. The Morgan fingerprint density at radius 1 is 1.48 bits per heavy atom. The molecule has 0 bridgehead atoms. The van der Waals surface area contributed by atoms with Gasteiger partial charge >= 0.3 is 0 Å². The van der Waals surface area contributed by atoms with Crippen molar-refractivity contribution in [1.82, 2.24) is 9.62 Å². The number of sulfonamides is 1. The molecule has 2 rings (SSSR count). The second-order valence-electron chi connectivity index (χ2n) is 5.11. The summed E-state index contributed by atoms with van der Waals surface area (Å²) in [5.41, 5.74) is 0.909. The molecule has 0 unspecified atom stereocenters. The summed E-state index contributed by atoms with van der Waals surface area (Å²) in [6.07, 6.45) is 3.44. The zero-order valence-electron chi connectivity index (χ0n) is 12.5. The van der Waals surface area contributed by atoms with E-state index in [1.54, 1.807) is 18.2 Å². The van der Waals surface area contributed by atoms with E-state index in [2.05, 4.69) is 11.9 Å². The third kappa shape index (κ3) is 3.45. The van der Waals surface area contributed by atoms with Gasteiger partial charge in [-0.15, -0.1) is 6.58 Å². The fraction of sp³-hybridized carbons (Fsp3) is 0.467. The number of nitrogens with zero attached hydrogens (tertiary/aromatic N) is 1. The molecule has 1 aromatic carbocycles. The second-order valence-corrected chi connectivity index (χ2v) is 6.97. The molecule has 0 aromatic heterocycles. The van der Waals surface area contributed by atoms with Gasteiger partial charge in [0.1, 0.15) is 10.6 Å². The average Bonchev–Trinajstić information content (AvgIpc) is 3.29. The maximum atomic E-state index is 12.9. The fourth-order valence-corrected chi connectivity index (χ4v) is 4.16. The van der Waals surface area contributed by atoms with Gasteiger partial charge in [0.15, 0.2) is 0 Å². The normalized spacial score (nSPS) is 15.2. The van der Waals surface area contributed by atoms with Crippen LogP contribution in [0.3, 0.4) is 0 Å². The number of hydrogen-bond acceptors (Lipinski definition) is 4. The number of nitrogens with one attached hydrogen (secondary N) is 1. The van der Waals surface area contributed by atoms with Crippen LogP contribution in [0.5, 0.6) is 5.75 Å². The molecule has 6 heteroatoms. The van der Waals surface area contributed by atoms with Gasteiger partial charge in [0.05, 0.1) is 7.11 Å². The van der Waals surface area contributed by atoms with Crippen molar-refractivity contribution in [3.8, 4) is 5.75 Å². The SMILES string of the molecule is C=CCN(C1CC1)S(=O)(=O)c1cc(CNC)ccc1OC. The molecule has 21 heavy (non-hydrogen) atoms. The number of rotatable bonds is 8. The van der Waals surface area contributed by atoms with Crippen molar-refractivity contribution >= 4 is 10.0 Å². The summed E-state index contributed by atoms with van der Waals surface area (Å²) in [7, 11) is -0.261. The van der Waals surface area contributed by atoms with Crippen LogP contribution in [-0.4, -0.2) is 39.5 Å². The van der Waals surface area contributed by atoms with E-state index in [-0.39, 0.29) is 10.9 Å². The summed E-state index contributed by atoms with van der Waals surface area (Å²) < 4.78 is 32.6. The van der Waals surface area contributed by atoms with Gasteiger partial charge in [-0.25, -0.2) is 8.42 Å². The van der Waals surface area contributed by atoms with Crippen molar-refractivity contribution in [3.63, 3.8) is 0 Å². The second kappa shape index (κ2) is 6.60. The Hall–Kier alpha value is -1.37. The van der Waals surface area contributed by atoms with Gasteiger partial charge in [0, 0.05) is 19.1 Å². The van der Waals surface area contributed by atoms with Crippen molar-refractivity contribution in [3.05, 3.63) is 36.4 Å². The van der Waals surface area contributed by atoms with E-state index in [1.165, 1.54) is 11.4 Å². The van der Waals surface area contributed by atoms with Crippen LogP contribution >= 0.6 is 0 Å². The molecule has 0 saturated heterocycles. The number of ether oxygens (including phenoxy) is 1. The first kappa shape index (κ1) is 16.0. The van der Waals surface area contributed by atoms with Gasteiger partial charge in [-0.1, -0.05) is 12.1 Å². The molecular formula is C15H22N2O3S. The fourth-order valence-electron chi connectivity index (χ4n) is 2.30. The lowest BCUT2D eigenvalue weighted by atomic mass is 10.2. The van der Waals surface area contributed by atoms with Crippen molar-refractivity contribution in [2.45, 2.75) is 30.3 Å². The van der Waals surface area contributed by atoms with Gasteiger partial charge in [0.25, 0.3) is 0 Å². The third-order valence-corrected chi connectivity index (χ3v) is 5.40. The van der Waals surface area contributed by atoms with Gasteiger partial charge in [-0.2, -0.15) is 4.31 Å². The highest BCUT2D eigenvalue weighted by atomic mass is 32.2. The van der Waals surface area contributed by atoms with E-state index in [1.807, 2.05) is 13.1 Å². The number of methoxy groups -OCH3 is 1. The van der Waals surface area contributed by atoms with Crippen LogP contribution in [0.25, 0.3) is 0 Å². The molecular weight excluding hydrogens is 288 g/mol. The standard InChI is InChI=1S/C15H22N2O3S/c1-4-9-17(13-6-7-13)21(18,19)15-10-12(11-16-2)5-8-14(15)20-3/h4-5,8,10,13,16H,1,6-7,9,11H2,2-3H3. The van der Waals surface area contributed by atoms with E-state index in [0.29, 0.717) is 18.8 Å². The Kier molecular flexibility index (Phi) is 5.03. The Morgan fingerprint density at radius 3 is 2.71 bits per heavy atom. The molecule has 0 amide bonds. The van der Waals surface area contributed by atoms with Crippen molar-refractivity contribution in [2.75, 3.05) is 20.7 Å². The predicted octanol–water partition coefficient (Wildman–Crippen LogP) is 1.75. The van der Waals surface area contributed by atoms with Crippen LogP contribution in [0.1, 0.15) is 18.4 Å². The van der Waals surface area contributed by atoms with Crippen molar-refractivity contribution < 1.29 is 13.2 Å². The third-order valence-electron chi connectivity index (χ3n) is 3.46. The highest BCUT2D eigenvalue weighted by Crippen LogP contribution is 2.35. The highest BCUT2D eigenvalue weighted by Gasteiger charge is 2.38. The molecule has 0 aliphatic heterocycles. The molecule has 5 nitrogen and oxygen atoms in total. The molecule has 1 saturated carbocycles.